The molecule has 1 aromatic rings. The van der Waals surface area contributed by atoms with Crippen molar-refractivity contribution < 1.29 is 22.4 Å². The van der Waals surface area contributed by atoms with Crippen molar-refractivity contribution in [3.8, 4) is 0 Å². The standard InChI is InChI=1S/C19H28FN3O4S/c1-4-5-10-22-18(24)14-7-6-13(2)23(12-14)19(25)16-11-15(8-9-17(16)20)28(26,27)21-3/h8-9,11,13-14,21H,4-7,10,12H2,1-3H3,(H,22,24). The van der Waals surface area contributed by atoms with E-state index in [9.17, 15) is 22.4 Å². The third-order valence-electron chi connectivity index (χ3n) is 5.09. The second kappa shape index (κ2) is 9.47. The lowest BCUT2D eigenvalue weighted by atomic mass is 9.92. The number of piperidine rings is 1. The lowest BCUT2D eigenvalue weighted by Gasteiger charge is -2.37. The molecule has 2 N–H and O–H groups in total. The Balaban J connectivity index is 2.22. The van der Waals surface area contributed by atoms with Crippen LogP contribution in [0.25, 0.3) is 0 Å². The molecule has 1 aliphatic heterocycles. The Hall–Kier alpha value is -2.00. The molecular weight excluding hydrogens is 385 g/mol. The molecule has 0 saturated carbocycles. The molecule has 9 heteroatoms. The summed E-state index contributed by atoms with van der Waals surface area (Å²) in [5, 5.41) is 2.88. The molecule has 1 aromatic carbocycles. The molecule has 28 heavy (non-hydrogen) atoms. The molecule has 2 unspecified atom stereocenters. The molecule has 1 fully saturated rings. The Bertz CT molecular complexity index is 828. The van der Waals surface area contributed by atoms with E-state index in [-0.39, 0.29) is 34.9 Å². The van der Waals surface area contributed by atoms with Crippen LogP contribution in [0.3, 0.4) is 0 Å². The summed E-state index contributed by atoms with van der Waals surface area (Å²) in [6.45, 7) is 4.65. The van der Waals surface area contributed by atoms with Gasteiger partial charge >= 0.3 is 0 Å². The molecule has 1 aliphatic rings. The molecule has 0 aromatic heterocycles. The Morgan fingerprint density at radius 2 is 2.00 bits per heavy atom. The Morgan fingerprint density at radius 1 is 1.29 bits per heavy atom. The number of halogens is 1. The van der Waals surface area contributed by atoms with Gasteiger partial charge in [0, 0.05) is 19.1 Å². The van der Waals surface area contributed by atoms with Crippen LogP contribution in [0, 0.1) is 11.7 Å². The lowest BCUT2D eigenvalue weighted by Crippen LogP contribution is -2.49. The second-order valence-corrected chi connectivity index (χ2v) is 8.96. The van der Waals surface area contributed by atoms with Gasteiger partial charge in [0.1, 0.15) is 5.82 Å². The highest BCUT2D eigenvalue weighted by atomic mass is 32.2. The van der Waals surface area contributed by atoms with E-state index >= 15 is 0 Å². The number of carbonyl (C=O) groups excluding carboxylic acids is 2. The zero-order chi connectivity index (χ0) is 20.9. The van der Waals surface area contributed by atoms with Crippen molar-refractivity contribution in [3.63, 3.8) is 0 Å². The van der Waals surface area contributed by atoms with Crippen LogP contribution in [-0.4, -0.2) is 51.3 Å². The number of sulfonamides is 1. The lowest BCUT2D eigenvalue weighted by molar-refractivity contribution is -0.126. The summed E-state index contributed by atoms with van der Waals surface area (Å²) >= 11 is 0. The SMILES string of the molecule is CCCCNC(=O)C1CCC(C)N(C(=O)c2cc(S(=O)(=O)NC)ccc2F)C1. The first-order valence-electron chi connectivity index (χ1n) is 9.53. The van der Waals surface area contributed by atoms with Crippen LogP contribution in [0.2, 0.25) is 0 Å². The summed E-state index contributed by atoms with van der Waals surface area (Å²) in [5.41, 5.74) is -0.310. The topological polar surface area (TPSA) is 95.6 Å². The van der Waals surface area contributed by atoms with E-state index in [1.807, 2.05) is 13.8 Å². The number of nitrogens with one attached hydrogen (secondary N) is 2. The smallest absolute Gasteiger partial charge is 0.257 e. The second-order valence-electron chi connectivity index (χ2n) is 7.07. The minimum Gasteiger partial charge on any atom is -0.356 e. The average molecular weight is 414 g/mol. The fourth-order valence-corrected chi connectivity index (χ4v) is 4.00. The number of likely N-dealkylation sites (tertiary alicyclic amines) is 1. The minimum atomic E-state index is -3.80. The minimum absolute atomic E-state index is 0.106. The number of nitrogens with zero attached hydrogens (tertiary/aromatic N) is 1. The molecule has 0 aliphatic carbocycles. The van der Waals surface area contributed by atoms with Crippen molar-refractivity contribution in [2.75, 3.05) is 20.1 Å². The van der Waals surface area contributed by atoms with Crippen LogP contribution in [0.15, 0.2) is 23.1 Å². The van der Waals surface area contributed by atoms with Gasteiger partial charge in [0.15, 0.2) is 0 Å². The highest BCUT2D eigenvalue weighted by Crippen LogP contribution is 2.25. The first kappa shape index (κ1) is 22.3. The summed E-state index contributed by atoms with van der Waals surface area (Å²) in [5.74, 6) is -1.86. The number of rotatable bonds is 7. The molecule has 0 bridgehead atoms. The fraction of sp³-hybridized carbons (Fsp3) is 0.579. The third-order valence-corrected chi connectivity index (χ3v) is 6.50. The third kappa shape index (κ3) is 5.08. The van der Waals surface area contributed by atoms with Crippen molar-refractivity contribution in [1.29, 1.82) is 0 Å². The maximum absolute atomic E-state index is 14.3. The van der Waals surface area contributed by atoms with Crippen molar-refractivity contribution in [1.82, 2.24) is 14.9 Å². The summed E-state index contributed by atoms with van der Waals surface area (Å²) in [4.78, 5) is 26.6. The quantitative estimate of drug-likeness (QED) is 0.668. The van der Waals surface area contributed by atoms with Crippen LogP contribution in [0.4, 0.5) is 4.39 Å². The molecule has 156 valence electrons. The van der Waals surface area contributed by atoms with Crippen LogP contribution in [0.5, 0.6) is 0 Å². The van der Waals surface area contributed by atoms with E-state index in [0.29, 0.717) is 19.4 Å². The van der Waals surface area contributed by atoms with E-state index in [4.69, 9.17) is 0 Å². The number of amides is 2. The predicted octanol–water partition coefficient (Wildman–Crippen LogP) is 1.89. The van der Waals surface area contributed by atoms with Crippen molar-refractivity contribution in [2.45, 2.75) is 50.5 Å². The van der Waals surface area contributed by atoms with E-state index < -0.39 is 21.7 Å². The zero-order valence-corrected chi connectivity index (χ0v) is 17.3. The predicted molar refractivity (Wildman–Crippen MR) is 104 cm³/mol. The van der Waals surface area contributed by atoms with Crippen molar-refractivity contribution in [3.05, 3.63) is 29.6 Å². The summed E-state index contributed by atoms with van der Waals surface area (Å²) in [6, 6.07) is 2.96. The van der Waals surface area contributed by atoms with E-state index in [0.717, 1.165) is 31.0 Å². The highest BCUT2D eigenvalue weighted by molar-refractivity contribution is 7.89. The molecule has 0 spiro atoms. The summed E-state index contributed by atoms with van der Waals surface area (Å²) < 4.78 is 40.4. The van der Waals surface area contributed by atoms with Crippen LogP contribution in [0.1, 0.15) is 49.9 Å². The van der Waals surface area contributed by atoms with Crippen LogP contribution >= 0.6 is 0 Å². The van der Waals surface area contributed by atoms with Crippen LogP contribution < -0.4 is 10.0 Å². The van der Waals surface area contributed by atoms with Gasteiger partial charge in [-0.1, -0.05) is 13.3 Å². The van der Waals surface area contributed by atoms with Gasteiger partial charge in [0.25, 0.3) is 5.91 Å². The van der Waals surface area contributed by atoms with Gasteiger partial charge in [0.2, 0.25) is 15.9 Å². The van der Waals surface area contributed by atoms with Gasteiger partial charge in [-0.2, -0.15) is 0 Å². The van der Waals surface area contributed by atoms with Crippen molar-refractivity contribution in [2.24, 2.45) is 5.92 Å². The molecule has 7 nitrogen and oxygen atoms in total. The van der Waals surface area contributed by atoms with Crippen LogP contribution in [-0.2, 0) is 14.8 Å². The Kier molecular flexibility index (Phi) is 7.54. The number of hydrogen-bond acceptors (Lipinski definition) is 4. The van der Waals surface area contributed by atoms with E-state index in [1.54, 1.807) is 0 Å². The first-order valence-corrected chi connectivity index (χ1v) is 11.0. The summed E-state index contributed by atoms with van der Waals surface area (Å²) in [6.07, 6.45) is 3.13. The van der Waals surface area contributed by atoms with Gasteiger partial charge in [-0.25, -0.2) is 17.5 Å². The molecule has 2 rings (SSSR count). The largest absolute Gasteiger partial charge is 0.356 e. The number of benzene rings is 1. The van der Waals surface area contributed by atoms with Gasteiger partial charge in [-0.05, 0) is 51.4 Å². The average Bonchev–Trinajstić information content (AvgIpc) is 2.68. The number of carbonyl (C=O) groups is 2. The van der Waals surface area contributed by atoms with Gasteiger partial charge in [-0.15, -0.1) is 0 Å². The maximum Gasteiger partial charge on any atom is 0.257 e. The molecule has 1 saturated heterocycles. The van der Waals surface area contributed by atoms with Gasteiger partial charge in [0.05, 0.1) is 16.4 Å². The molecule has 2 atom stereocenters. The Morgan fingerprint density at radius 3 is 2.64 bits per heavy atom. The fourth-order valence-electron chi connectivity index (χ4n) is 3.24. The first-order chi connectivity index (χ1) is 13.2. The van der Waals surface area contributed by atoms with E-state index in [1.165, 1.54) is 11.9 Å². The van der Waals surface area contributed by atoms with Gasteiger partial charge in [-0.3, -0.25) is 9.59 Å². The monoisotopic (exact) mass is 413 g/mol. The van der Waals surface area contributed by atoms with Crippen molar-refractivity contribution >= 4 is 21.8 Å². The maximum atomic E-state index is 14.3. The van der Waals surface area contributed by atoms with Gasteiger partial charge < -0.3 is 10.2 Å². The molecule has 0 radical (unpaired) electrons. The zero-order valence-electron chi connectivity index (χ0n) is 16.5. The molecule has 2 amide bonds. The summed E-state index contributed by atoms with van der Waals surface area (Å²) in [7, 11) is -2.56. The molecule has 1 heterocycles. The number of unbranched alkanes of at least 4 members (excludes halogenated alkanes) is 1. The highest BCUT2D eigenvalue weighted by Gasteiger charge is 2.34. The Labute approximate surface area is 165 Å². The van der Waals surface area contributed by atoms with E-state index in [2.05, 4.69) is 10.0 Å². The number of hydrogen-bond donors (Lipinski definition) is 2. The normalized spacial score (nSPS) is 20.1. The molecular formula is C19H28FN3O4S.